The van der Waals surface area contributed by atoms with E-state index >= 15 is 0 Å². The van der Waals surface area contributed by atoms with E-state index in [9.17, 15) is 4.79 Å². The van der Waals surface area contributed by atoms with Crippen LogP contribution in [0.3, 0.4) is 0 Å². The van der Waals surface area contributed by atoms with Crippen molar-refractivity contribution in [3.63, 3.8) is 0 Å². The maximum absolute atomic E-state index is 12.8. The molecule has 5 nitrogen and oxygen atoms in total. The Morgan fingerprint density at radius 2 is 2.24 bits per heavy atom. The summed E-state index contributed by atoms with van der Waals surface area (Å²) in [6, 6.07) is 7.29. The molecule has 1 saturated carbocycles. The van der Waals surface area contributed by atoms with Crippen LogP contribution in [-0.4, -0.2) is 28.9 Å². The third kappa shape index (κ3) is 1.69. The molecule has 3 aliphatic rings. The molecule has 3 fully saturated rings. The first-order valence-corrected chi connectivity index (χ1v) is 7.43. The van der Waals surface area contributed by atoms with Crippen LogP contribution in [-0.2, 0) is 4.79 Å². The minimum Gasteiger partial charge on any atom is -0.326 e. The Balaban J connectivity index is 1.82. The first-order valence-electron chi connectivity index (χ1n) is 7.05. The van der Waals surface area contributed by atoms with Gasteiger partial charge in [-0.25, -0.2) is 4.90 Å². The van der Waals surface area contributed by atoms with Gasteiger partial charge in [-0.1, -0.05) is 17.7 Å². The van der Waals surface area contributed by atoms with Crippen molar-refractivity contribution in [2.45, 2.75) is 31.3 Å². The molecule has 2 bridgehead atoms. The number of anilines is 1. The van der Waals surface area contributed by atoms with E-state index in [0.29, 0.717) is 28.6 Å². The lowest BCUT2D eigenvalue weighted by Gasteiger charge is -2.28. The summed E-state index contributed by atoms with van der Waals surface area (Å²) in [6.45, 7) is 0. The second kappa shape index (κ2) is 4.47. The molecule has 0 aromatic heterocycles. The van der Waals surface area contributed by atoms with E-state index in [1.54, 1.807) is 23.1 Å². The zero-order valence-electron chi connectivity index (χ0n) is 11.2. The van der Waals surface area contributed by atoms with E-state index in [2.05, 4.69) is 4.99 Å². The number of guanidine groups is 1. The van der Waals surface area contributed by atoms with Gasteiger partial charge in [-0.3, -0.25) is 4.79 Å². The Hall–Kier alpha value is -2.06. The largest absolute Gasteiger partial charge is 0.326 e. The van der Waals surface area contributed by atoms with Gasteiger partial charge >= 0.3 is 0 Å². The standard InChI is InChI=1S/C15H13ClN4O/c16-10-2-1-3-11(7-10)20-14(21)13-9-4-5-12(6-9)19(13)15(20)18-8-17/h1-3,7,9,12-13H,4-6H2/t9-,12+,13+/m1/s1. The van der Waals surface area contributed by atoms with Crippen molar-refractivity contribution in [1.82, 2.24) is 4.90 Å². The molecule has 1 aliphatic carbocycles. The summed E-state index contributed by atoms with van der Waals surface area (Å²) in [5, 5.41) is 9.56. The maximum atomic E-state index is 12.8. The molecular weight excluding hydrogens is 288 g/mol. The topological polar surface area (TPSA) is 59.7 Å². The SMILES string of the molecule is N#CN=C1N(c2cccc(Cl)c2)C(=O)[C@@H]2[C@@H]3CC[C@@H](C3)N12. The highest BCUT2D eigenvalue weighted by Crippen LogP contribution is 2.47. The summed E-state index contributed by atoms with van der Waals surface area (Å²) in [6.07, 6.45) is 5.02. The molecule has 6 heteroatoms. The zero-order chi connectivity index (χ0) is 14.6. The van der Waals surface area contributed by atoms with Crippen LogP contribution in [0.1, 0.15) is 19.3 Å². The van der Waals surface area contributed by atoms with E-state index in [0.717, 1.165) is 19.3 Å². The van der Waals surface area contributed by atoms with E-state index in [4.69, 9.17) is 16.9 Å². The number of nitrogens with zero attached hydrogens (tertiary/aromatic N) is 4. The van der Waals surface area contributed by atoms with Gasteiger partial charge in [-0.2, -0.15) is 5.26 Å². The molecule has 1 aromatic rings. The smallest absolute Gasteiger partial charge is 0.257 e. The van der Waals surface area contributed by atoms with Gasteiger partial charge in [0.15, 0.2) is 0 Å². The van der Waals surface area contributed by atoms with Crippen molar-refractivity contribution in [3.05, 3.63) is 29.3 Å². The molecule has 0 N–H and O–H groups in total. The number of benzene rings is 1. The van der Waals surface area contributed by atoms with Crippen LogP contribution in [0.4, 0.5) is 5.69 Å². The molecule has 2 heterocycles. The molecular formula is C15H13ClN4O. The van der Waals surface area contributed by atoms with Crippen LogP contribution >= 0.6 is 11.6 Å². The van der Waals surface area contributed by atoms with E-state index in [-0.39, 0.29) is 11.9 Å². The van der Waals surface area contributed by atoms with Crippen molar-refractivity contribution in [2.75, 3.05) is 4.90 Å². The summed E-state index contributed by atoms with van der Waals surface area (Å²) in [7, 11) is 0. The van der Waals surface area contributed by atoms with Gasteiger partial charge < -0.3 is 4.90 Å². The third-order valence-corrected chi connectivity index (χ3v) is 4.94. The Kier molecular flexibility index (Phi) is 2.69. The Bertz CT molecular complexity index is 695. The van der Waals surface area contributed by atoms with Crippen molar-refractivity contribution >= 4 is 29.2 Å². The molecule has 0 spiro atoms. The van der Waals surface area contributed by atoms with Crippen LogP contribution in [0.2, 0.25) is 5.02 Å². The van der Waals surface area contributed by atoms with Gasteiger partial charge in [-0.05, 0) is 43.4 Å². The number of fused-ring (bicyclic) bond motifs is 5. The van der Waals surface area contributed by atoms with Crippen molar-refractivity contribution in [1.29, 1.82) is 5.26 Å². The number of halogens is 1. The predicted octanol–water partition coefficient (Wildman–Crippen LogP) is 2.38. The van der Waals surface area contributed by atoms with Gasteiger partial charge in [0.05, 0.1) is 5.69 Å². The average molecular weight is 301 g/mol. The number of amides is 1. The first-order chi connectivity index (χ1) is 10.2. The van der Waals surface area contributed by atoms with Gasteiger partial charge in [0.25, 0.3) is 5.91 Å². The number of hydrogen-bond donors (Lipinski definition) is 0. The lowest BCUT2D eigenvalue weighted by atomic mass is 9.99. The quantitative estimate of drug-likeness (QED) is 0.748. The monoisotopic (exact) mass is 300 g/mol. The number of hydrogen-bond acceptors (Lipinski definition) is 3. The van der Waals surface area contributed by atoms with Crippen LogP contribution in [0.25, 0.3) is 0 Å². The number of piperidine rings is 1. The summed E-state index contributed by atoms with van der Waals surface area (Å²) >= 11 is 6.03. The first kappa shape index (κ1) is 12.7. The van der Waals surface area contributed by atoms with Crippen LogP contribution in [0, 0.1) is 17.4 Å². The molecule has 21 heavy (non-hydrogen) atoms. The lowest BCUT2D eigenvalue weighted by molar-refractivity contribution is -0.120. The van der Waals surface area contributed by atoms with Gasteiger partial charge in [0.1, 0.15) is 6.04 Å². The highest BCUT2D eigenvalue weighted by molar-refractivity contribution is 6.31. The fourth-order valence-corrected chi connectivity index (χ4v) is 4.13. The molecule has 2 aliphatic heterocycles. The Morgan fingerprint density at radius 1 is 1.38 bits per heavy atom. The van der Waals surface area contributed by atoms with Crippen LogP contribution in [0.15, 0.2) is 29.3 Å². The number of aliphatic imine (C=N–C) groups is 1. The molecule has 0 radical (unpaired) electrons. The predicted molar refractivity (Wildman–Crippen MR) is 78.7 cm³/mol. The van der Waals surface area contributed by atoms with Crippen molar-refractivity contribution in [2.24, 2.45) is 10.9 Å². The number of nitriles is 1. The Labute approximate surface area is 127 Å². The molecule has 1 amide bonds. The Morgan fingerprint density at radius 3 is 3.00 bits per heavy atom. The number of carbonyl (C=O) groups is 1. The molecule has 2 saturated heterocycles. The second-order valence-electron chi connectivity index (χ2n) is 5.74. The van der Waals surface area contributed by atoms with Gasteiger partial charge in [0, 0.05) is 11.1 Å². The number of carbonyl (C=O) groups excluding carboxylic acids is 1. The molecule has 3 atom stereocenters. The van der Waals surface area contributed by atoms with Crippen molar-refractivity contribution in [3.8, 4) is 6.19 Å². The van der Waals surface area contributed by atoms with Crippen LogP contribution < -0.4 is 4.90 Å². The molecule has 1 aromatic carbocycles. The zero-order valence-corrected chi connectivity index (χ0v) is 12.0. The second-order valence-corrected chi connectivity index (χ2v) is 6.18. The maximum Gasteiger partial charge on any atom is 0.257 e. The minimum atomic E-state index is -0.158. The fraction of sp³-hybridized carbons (Fsp3) is 0.400. The normalized spacial score (nSPS) is 31.9. The highest BCUT2D eigenvalue weighted by atomic mass is 35.5. The van der Waals surface area contributed by atoms with Crippen LogP contribution in [0.5, 0.6) is 0 Å². The molecule has 106 valence electrons. The van der Waals surface area contributed by atoms with E-state index < -0.39 is 0 Å². The van der Waals surface area contributed by atoms with Gasteiger partial charge in [0.2, 0.25) is 12.2 Å². The summed E-state index contributed by atoms with van der Waals surface area (Å²) in [5.74, 6) is 0.857. The average Bonchev–Trinajstić information content (AvgIpc) is 3.13. The fourth-order valence-electron chi connectivity index (χ4n) is 3.95. The molecule has 0 unspecified atom stereocenters. The summed E-state index contributed by atoms with van der Waals surface area (Å²) in [4.78, 5) is 20.3. The van der Waals surface area contributed by atoms with Gasteiger partial charge in [-0.15, -0.1) is 4.99 Å². The summed E-state index contributed by atoms with van der Waals surface area (Å²) < 4.78 is 0. The summed E-state index contributed by atoms with van der Waals surface area (Å²) in [5.41, 5.74) is 0.676. The van der Waals surface area contributed by atoms with E-state index in [1.165, 1.54) is 0 Å². The highest BCUT2D eigenvalue weighted by Gasteiger charge is 2.58. The lowest BCUT2D eigenvalue weighted by Crippen LogP contribution is -2.41. The number of rotatable bonds is 1. The minimum absolute atomic E-state index is 0.0125. The third-order valence-electron chi connectivity index (χ3n) is 4.71. The van der Waals surface area contributed by atoms with Crippen molar-refractivity contribution < 1.29 is 4.79 Å². The van der Waals surface area contributed by atoms with E-state index in [1.807, 2.05) is 17.2 Å². The molecule has 4 rings (SSSR count).